The summed E-state index contributed by atoms with van der Waals surface area (Å²) in [5.74, 6) is -0.0261. The lowest BCUT2D eigenvalue weighted by atomic mass is 10.1. The third kappa shape index (κ3) is 5.59. The number of ether oxygens (including phenoxy) is 1. The highest BCUT2D eigenvalue weighted by atomic mass is 35.5. The Morgan fingerprint density at radius 3 is 2.52 bits per heavy atom. The van der Waals surface area contributed by atoms with Crippen LogP contribution in [0.5, 0.6) is 5.75 Å². The minimum atomic E-state index is -0.548. The lowest BCUT2D eigenvalue weighted by Crippen LogP contribution is -2.30. The minimum Gasteiger partial charge on any atom is -0.494 e. The van der Waals surface area contributed by atoms with E-state index in [0.29, 0.717) is 22.9 Å². The predicted molar refractivity (Wildman–Crippen MR) is 99.1 cm³/mol. The number of carbonyl (C=O) groups is 1. The van der Waals surface area contributed by atoms with Crippen LogP contribution < -0.4 is 15.4 Å². The van der Waals surface area contributed by atoms with Gasteiger partial charge in [0, 0.05) is 16.8 Å². The number of hydrogen-bond acceptors (Lipinski definition) is 3. The molecule has 0 aliphatic rings. The molecule has 0 radical (unpaired) electrons. The average Bonchev–Trinajstić information content (AvgIpc) is 2.58. The second-order valence-corrected chi connectivity index (χ2v) is 6.21. The van der Waals surface area contributed by atoms with Crippen LogP contribution in [0.3, 0.4) is 0 Å². The summed E-state index contributed by atoms with van der Waals surface area (Å²) >= 11 is 11.8. The van der Waals surface area contributed by atoms with E-state index in [1.54, 1.807) is 31.2 Å². The van der Waals surface area contributed by atoms with Crippen LogP contribution in [-0.2, 0) is 4.79 Å². The smallest absolute Gasteiger partial charge is 0.238 e. The topological polar surface area (TPSA) is 50.4 Å². The van der Waals surface area contributed by atoms with Crippen LogP contribution in [0, 0.1) is 5.82 Å². The van der Waals surface area contributed by atoms with E-state index in [4.69, 9.17) is 27.9 Å². The Labute approximate surface area is 156 Å². The molecule has 0 fully saturated rings. The summed E-state index contributed by atoms with van der Waals surface area (Å²) in [6.07, 6.45) is 0. The lowest BCUT2D eigenvalue weighted by Gasteiger charge is -2.16. The van der Waals surface area contributed by atoms with Crippen molar-refractivity contribution in [1.29, 1.82) is 0 Å². The maximum atomic E-state index is 13.6. The second-order valence-electron chi connectivity index (χ2n) is 5.40. The van der Waals surface area contributed by atoms with Crippen molar-refractivity contribution in [2.24, 2.45) is 0 Å². The molecule has 0 aromatic heterocycles. The molecular weight excluding hydrogens is 366 g/mol. The Morgan fingerprint density at radius 2 is 1.88 bits per heavy atom. The third-order valence-electron chi connectivity index (χ3n) is 3.52. The molecule has 134 valence electrons. The van der Waals surface area contributed by atoms with Crippen LogP contribution in [0.4, 0.5) is 10.1 Å². The summed E-state index contributed by atoms with van der Waals surface area (Å²) in [7, 11) is 0. The van der Waals surface area contributed by atoms with Gasteiger partial charge < -0.3 is 15.4 Å². The molecule has 4 nitrogen and oxygen atoms in total. The summed E-state index contributed by atoms with van der Waals surface area (Å²) < 4.78 is 18.9. The molecule has 0 heterocycles. The maximum Gasteiger partial charge on any atom is 0.238 e. The molecular formula is C18H19Cl2FN2O2. The van der Waals surface area contributed by atoms with E-state index >= 15 is 0 Å². The predicted octanol–water partition coefficient (Wildman–Crippen LogP) is 4.82. The Kier molecular flexibility index (Phi) is 7.05. The molecule has 7 heteroatoms. The van der Waals surface area contributed by atoms with Crippen molar-refractivity contribution in [3.05, 3.63) is 57.8 Å². The molecule has 0 spiro atoms. The summed E-state index contributed by atoms with van der Waals surface area (Å²) in [6, 6.07) is 9.40. The van der Waals surface area contributed by atoms with Gasteiger partial charge in [0.2, 0.25) is 5.91 Å². The molecule has 2 aromatic rings. The molecule has 1 amide bonds. The second kappa shape index (κ2) is 9.04. The Morgan fingerprint density at radius 1 is 1.20 bits per heavy atom. The molecule has 2 rings (SSSR count). The number of hydrogen-bond donors (Lipinski definition) is 2. The molecule has 0 aliphatic heterocycles. The minimum absolute atomic E-state index is 0.0332. The highest BCUT2D eigenvalue weighted by molar-refractivity contribution is 6.35. The Balaban J connectivity index is 1.90. The normalized spacial score (nSPS) is 11.9. The molecule has 0 aliphatic carbocycles. The number of benzene rings is 2. The average molecular weight is 385 g/mol. The SMILES string of the molecule is CCOc1ccc(NC(=O)CN[C@H](C)c2cc(F)c(Cl)cc2Cl)cc1. The zero-order chi connectivity index (χ0) is 18.4. The first-order valence-electron chi connectivity index (χ1n) is 7.81. The number of amides is 1. The molecule has 0 bridgehead atoms. The van der Waals surface area contributed by atoms with Gasteiger partial charge in [-0.05, 0) is 55.8 Å². The number of nitrogens with one attached hydrogen (secondary N) is 2. The summed E-state index contributed by atoms with van der Waals surface area (Å²) in [6.45, 7) is 4.33. The molecule has 0 saturated carbocycles. The van der Waals surface area contributed by atoms with Crippen molar-refractivity contribution < 1.29 is 13.9 Å². The third-order valence-corrected chi connectivity index (χ3v) is 4.14. The van der Waals surface area contributed by atoms with Crippen molar-refractivity contribution in [2.75, 3.05) is 18.5 Å². The summed E-state index contributed by atoms with van der Waals surface area (Å²) in [4.78, 5) is 12.0. The quantitative estimate of drug-likeness (QED) is 0.672. The van der Waals surface area contributed by atoms with Gasteiger partial charge in [-0.15, -0.1) is 0 Å². The van der Waals surface area contributed by atoms with Crippen LogP contribution in [0.2, 0.25) is 10.0 Å². The molecule has 2 N–H and O–H groups in total. The van der Waals surface area contributed by atoms with Crippen LogP contribution in [-0.4, -0.2) is 19.1 Å². The molecule has 0 saturated heterocycles. The van der Waals surface area contributed by atoms with Gasteiger partial charge in [0.1, 0.15) is 11.6 Å². The summed E-state index contributed by atoms with van der Waals surface area (Å²) in [5, 5.41) is 6.09. The van der Waals surface area contributed by atoms with Crippen molar-refractivity contribution in [3.63, 3.8) is 0 Å². The number of rotatable bonds is 7. The molecule has 25 heavy (non-hydrogen) atoms. The van der Waals surface area contributed by atoms with Gasteiger partial charge in [-0.25, -0.2) is 4.39 Å². The highest BCUT2D eigenvalue weighted by Crippen LogP contribution is 2.28. The fourth-order valence-corrected chi connectivity index (χ4v) is 2.78. The van der Waals surface area contributed by atoms with Gasteiger partial charge in [-0.2, -0.15) is 0 Å². The van der Waals surface area contributed by atoms with E-state index in [1.807, 2.05) is 6.92 Å². The van der Waals surface area contributed by atoms with Crippen molar-refractivity contribution in [1.82, 2.24) is 5.32 Å². The van der Waals surface area contributed by atoms with E-state index in [1.165, 1.54) is 12.1 Å². The first-order chi connectivity index (χ1) is 11.9. The Hall–Kier alpha value is -1.82. The number of halogens is 3. The highest BCUT2D eigenvalue weighted by Gasteiger charge is 2.14. The van der Waals surface area contributed by atoms with Gasteiger partial charge >= 0.3 is 0 Å². The first-order valence-corrected chi connectivity index (χ1v) is 8.56. The van der Waals surface area contributed by atoms with E-state index in [0.717, 1.165) is 5.75 Å². The summed E-state index contributed by atoms with van der Waals surface area (Å²) in [5.41, 5.74) is 1.20. The fourth-order valence-electron chi connectivity index (χ4n) is 2.23. The van der Waals surface area contributed by atoms with Gasteiger partial charge in [0.15, 0.2) is 0 Å². The first kappa shape index (κ1) is 19.5. The van der Waals surface area contributed by atoms with Crippen LogP contribution in [0.15, 0.2) is 36.4 Å². The largest absolute Gasteiger partial charge is 0.494 e. The monoisotopic (exact) mass is 384 g/mol. The number of carbonyl (C=O) groups excluding carboxylic acids is 1. The van der Waals surface area contributed by atoms with E-state index in [2.05, 4.69) is 10.6 Å². The van der Waals surface area contributed by atoms with Crippen LogP contribution in [0.1, 0.15) is 25.5 Å². The van der Waals surface area contributed by atoms with E-state index in [9.17, 15) is 9.18 Å². The van der Waals surface area contributed by atoms with Gasteiger partial charge in [-0.3, -0.25) is 4.79 Å². The van der Waals surface area contributed by atoms with Gasteiger partial charge in [-0.1, -0.05) is 23.2 Å². The number of anilines is 1. The van der Waals surface area contributed by atoms with Gasteiger partial charge in [0.25, 0.3) is 0 Å². The Bertz CT molecular complexity index is 739. The fraction of sp³-hybridized carbons (Fsp3) is 0.278. The zero-order valence-electron chi connectivity index (χ0n) is 13.9. The molecule has 0 unspecified atom stereocenters. The zero-order valence-corrected chi connectivity index (χ0v) is 15.4. The van der Waals surface area contributed by atoms with E-state index in [-0.39, 0.29) is 23.5 Å². The van der Waals surface area contributed by atoms with Crippen molar-refractivity contribution in [3.8, 4) is 5.75 Å². The maximum absolute atomic E-state index is 13.6. The van der Waals surface area contributed by atoms with Crippen molar-refractivity contribution in [2.45, 2.75) is 19.9 Å². The molecule has 1 atom stereocenters. The lowest BCUT2D eigenvalue weighted by molar-refractivity contribution is -0.115. The van der Waals surface area contributed by atoms with Crippen molar-refractivity contribution >= 4 is 34.8 Å². The van der Waals surface area contributed by atoms with Crippen LogP contribution >= 0.6 is 23.2 Å². The van der Waals surface area contributed by atoms with E-state index < -0.39 is 5.82 Å². The van der Waals surface area contributed by atoms with Crippen LogP contribution in [0.25, 0.3) is 0 Å². The molecule has 2 aromatic carbocycles. The standard InChI is InChI=1S/C18H19Cl2FN2O2/c1-3-25-13-6-4-12(5-7-13)23-18(24)10-22-11(2)14-8-17(21)16(20)9-15(14)19/h4-9,11,22H,3,10H2,1-2H3,(H,23,24)/t11-/m1/s1. The van der Waals surface area contributed by atoms with Gasteiger partial charge in [0.05, 0.1) is 18.2 Å².